The number of hydrogen-bond donors (Lipinski definition) is 1. The maximum absolute atomic E-state index is 14.1. The van der Waals surface area contributed by atoms with Crippen molar-refractivity contribution in [3.8, 4) is 11.5 Å². The molecule has 226 valence electrons. The van der Waals surface area contributed by atoms with Crippen LogP contribution < -0.4 is 19.1 Å². The van der Waals surface area contributed by atoms with Crippen LogP contribution in [0.1, 0.15) is 26.3 Å². The van der Waals surface area contributed by atoms with E-state index in [4.69, 9.17) is 32.7 Å². The third-order valence-corrected chi connectivity index (χ3v) is 8.83. The van der Waals surface area contributed by atoms with Gasteiger partial charge in [0.05, 0.1) is 24.8 Å². The lowest BCUT2D eigenvalue weighted by Crippen LogP contribution is -2.51. The van der Waals surface area contributed by atoms with Crippen LogP contribution in [-0.4, -0.2) is 58.5 Å². The number of carbonyl (C=O) groups excluding carboxylic acids is 2. The fourth-order valence-corrected chi connectivity index (χ4v) is 6.00. The summed E-state index contributed by atoms with van der Waals surface area (Å²) >= 11 is 12.5. The van der Waals surface area contributed by atoms with Crippen molar-refractivity contribution in [1.82, 2.24) is 10.2 Å². The zero-order valence-electron chi connectivity index (χ0n) is 24.1. The number of benzene rings is 3. The van der Waals surface area contributed by atoms with E-state index in [1.807, 2.05) is 13.8 Å². The highest BCUT2D eigenvalue weighted by molar-refractivity contribution is 7.92. The Morgan fingerprint density at radius 1 is 0.929 bits per heavy atom. The Balaban J connectivity index is 2.11. The van der Waals surface area contributed by atoms with Gasteiger partial charge in [-0.25, -0.2) is 8.42 Å². The lowest BCUT2D eigenvalue weighted by atomic mass is 10.1. The lowest BCUT2D eigenvalue weighted by Gasteiger charge is -2.32. The second-order valence-electron chi connectivity index (χ2n) is 9.93. The Bertz CT molecular complexity index is 1500. The number of ether oxygens (including phenoxy) is 2. The molecule has 3 aromatic rings. The van der Waals surface area contributed by atoms with Crippen molar-refractivity contribution >= 4 is 50.7 Å². The van der Waals surface area contributed by atoms with E-state index < -0.39 is 34.4 Å². The maximum atomic E-state index is 14.1. The topological polar surface area (TPSA) is 105 Å². The smallest absolute Gasteiger partial charge is 0.264 e. The van der Waals surface area contributed by atoms with Crippen LogP contribution in [0.4, 0.5) is 5.69 Å². The molecule has 3 aromatic carbocycles. The Morgan fingerprint density at radius 3 is 2.21 bits per heavy atom. The number of nitrogens with zero attached hydrogens (tertiary/aromatic N) is 2. The van der Waals surface area contributed by atoms with Crippen LogP contribution in [0, 0.1) is 5.92 Å². The van der Waals surface area contributed by atoms with Gasteiger partial charge in [-0.3, -0.25) is 13.9 Å². The monoisotopic (exact) mass is 635 g/mol. The van der Waals surface area contributed by atoms with Crippen LogP contribution in [-0.2, 0) is 26.2 Å². The standard InChI is InChI=1S/C30H35Cl2N3O6S/c1-20(2)17-33-30(37)21(3)34(18-22-11-12-23(31)15-26(22)32)29(36)19-35(42(38,39)25-9-7-6-8-10-25)27-16-24(40-4)13-14-28(27)41-5/h6-16,20-21H,17-19H2,1-5H3,(H,33,37)/t21-/m0/s1. The number of rotatable bonds is 13. The van der Waals surface area contributed by atoms with Crippen molar-refractivity contribution in [3.63, 3.8) is 0 Å². The summed E-state index contributed by atoms with van der Waals surface area (Å²) in [6.07, 6.45) is 0. The molecule has 12 heteroatoms. The number of hydrogen-bond acceptors (Lipinski definition) is 6. The SMILES string of the molecule is COc1ccc(OC)c(N(CC(=O)N(Cc2ccc(Cl)cc2Cl)[C@@H](C)C(=O)NCC(C)C)S(=O)(=O)c2ccccc2)c1. The van der Waals surface area contributed by atoms with Gasteiger partial charge in [0.25, 0.3) is 10.0 Å². The molecular formula is C30H35Cl2N3O6S. The van der Waals surface area contributed by atoms with Crippen molar-refractivity contribution in [1.29, 1.82) is 0 Å². The molecule has 2 amide bonds. The highest BCUT2D eigenvalue weighted by atomic mass is 35.5. The molecule has 0 spiro atoms. The molecule has 0 heterocycles. The van der Waals surface area contributed by atoms with Crippen LogP contribution in [0.2, 0.25) is 10.0 Å². The van der Waals surface area contributed by atoms with Gasteiger partial charge in [-0.05, 0) is 54.8 Å². The molecule has 0 radical (unpaired) electrons. The molecule has 0 fully saturated rings. The minimum Gasteiger partial charge on any atom is -0.497 e. The van der Waals surface area contributed by atoms with Crippen LogP contribution in [0.3, 0.4) is 0 Å². The Labute approximate surface area is 257 Å². The van der Waals surface area contributed by atoms with Gasteiger partial charge < -0.3 is 19.7 Å². The number of amides is 2. The molecule has 0 aliphatic heterocycles. The second-order valence-corrected chi connectivity index (χ2v) is 12.6. The zero-order valence-corrected chi connectivity index (χ0v) is 26.5. The molecule has 0 aliphatic rings. The van der Waals surface area contributed by atoms with Crippen molar-refractivity contribution in [2.75, 3.05) is 31.6 Å². The summed E-state index contributed by atoms with van der Waals surface area (Å²) in [5.74, 6) is -0.282. The number of carbonyl (C=O) groups is 2. The van der Waals surface area contributed by atoms with E-state index in [0.29, 0.717) is 27.9 Å². The van der Waals surface area contributed by atoms with E-state index in [1.54, 1.807) is 49.4 Å². The molecule has 9 nitrogen and oxygen atoms in total. The summed E-state index contributed by atoms with van der Waals surface area (Å²) in [6, 6.07) is 16.3. The molecule has 0 saturated heterocycles. The number of sulfonamides is 1. The van der Waals surface area contributed by atoms with Gasteiger partial charge in [-0.15, -0.1) is 0 Å². The van der Waals surface area contributed by atoms with Gasteiger partial charge in [0, 0.05) is 29.2 Å². The van der Waals surface area contributed by atoms with Crippen molar-refractivity contribution in [2.45, 2.75) is 38.3 Å². The van der Waals surface area contributed by atoms with Gasteiger partial charge >= 0.3 is 0 Å². The van der Waals surface area contributed by atoms with E-state index in [9.17, 15) is 18.0 Å². The molecule has 42 heavy (non-hydrogen) atoms. The second kappa shape index (κ2) is 14.6. The third-order valence-electron chi connectivity index (χ3n) is 6.47. The van der Waals surface area contributed by atoms with E-state index in [1.165, 1.54) is 43.4 Å². The van der Waals surface area contributed by atoms with Crippen LogP contribution in [0.5, 0.6) is 11.5 Å². The van der Waals surface area contributed by atoms with E-state index in [-0.39, 0.29) is 28.8 Å². The first kappa shape index (κ1) is 33.0. The Hall–Kier alpha value is -3.47. The van der Waals surface area contributed by atoms with Gasteiger partial charge in [-0.2, -0.15) is 0 Å². The van der Waals surface area contributed by atoms with Crippen molar-refractivity contribution in [2.24, 2.45) is 5.92 Å². The molecule has 1 N–H and O–H groups in total. The normalized spacial score (nSPS) is 12.0. The van der Waals surface area contributed by atoms with E-state index in [2.05, 4.69) is 5.32 Å². The number of methoxy groups -OCH3 is 2. The fraction of sp³-hybridized carbons (Fsp3) is 0.333. The zero-order chi connectivity index (χ0) is 31.0. The first-order valence-electron chi connectivity index (χ1n) is 13.2. The quantitative estimate of drug-likeness (QED) is 0.270. The first-order chi connectivity index (χ1) is 19.9. The number of nitrogens with one attached hydrogen (secondary N) is 1. The van der Waals surface area contributed by atoms with E-state index >= 15 is 0 Å². The van der Waals surface area contributed by atoms with Crippen molar-refractivity contribution < 1.29 is 27.5 Å². The van der Waals surface area contributed by atoms with Gasteiger partial charge in [0.1, 0.15) is 24.1 Å². The Kier molecular flexibility index (Phi) is 11.5. The van der Waals surface area contributed by atoms with Crippen LogP contribution >= 0.6 is 23.2 Å². The molecule has 0 unspecified atom stereocenters. The summed E-state index contributed by atoms with van der Waals surface area (Å²) in [7, 11) is -1.44. The van der Waals surface area contributed by atoms with E-state index in [0.717, 1.165) is 4.31 Å². The summed E-state index contributed by atoms with van der Waals surface area (Å²) in [4.78, 5) is 28.5. The number of halogens is 2. The fourth-order valence-electron chi connectivity index (χ4n) is 4.09. The molecular weight excluding hydrogens is 601 g/mol. The molecule has 0 bridgehead atoms. The Morgan fingerprint density at radius 2 is 1.62 bits per heavy atom. The largest absolute Gasteiger partial charge is 0.497 e. The molecule has 0 saturated carbocycles. The maximum Gasteiger partial charge on any atom is 0.264 e. The summed E-state index contributed by atoms with van der Waals surface area (Å²) < 4.78 is 39.8. The average Bonchev–Trinajstić information content (AvgIpc) is 2.97. The minimum absolute atomic E-state index is 0.0299. The minimum atomic E-state index is -4.29. The van der Waals surface area contributed by atoms with Crippen molar-refractivity contribution in [3.05, 3.63) is 82.3 Å². The third kappa shape index (κ3) is 8.08. The number of anilines is 1. The van der Waals surface area contributed by atoms with Crippen LogP contribution in [0.25, 0.3) is 0 Å². The van der Waals surface area contributed by atoms with Crippen LogP contribution in [0.15, 0.2) is 71.6 Å². The summed E-state index contributed by atoms with van der Waals surface area (Å²) in [5.41, 5.74) is 0.629. The van der Waals surface area contributed by atoms with Gasteiger partial charge in [0.15, 0.2) is 0 Å². The predicted molar refractivity (Wildman–Crippen MR) is 165 cm³/mol. The lowest BCUT2D eigenvalue weighted by molar-refractivity contribution is -0.139. The highest BCUT2D eigenvalue weighted by Gasteiger charge is 2.34. The van der Waals surface area contributed by atoms with Gasteiger partial charge in [0.2, 0.25) is 11.8 Å². The average molecular weight is 637 g/mol. The summed E-state index contributed by atoms with van der Waals surface area (Å²) in [6.45, 7) is 5.18. The molecule has 0 aromatic heterocycles. The summed E-state index contributed by atoms with van der Waals surface area (Å²) in [5, 5.41) is 3.56. The highest BCUT2D eigenvalue weighted by Crippen LogP contribution is 2.36. The molecule has 1 atom stereocenters. The molecule has 0 aliphatic carbocycles. The molecule has 3 rings (SSSR count). The predicted octanol–water partition coefficient (Wildman–Crippen LogP) is 5.40. The first-order valence-corrected chi connectivity index (χ1v) is 15.4. The van der Waals surface area contributed by atoms with Gasteiger partial charge in [-0.1, -0.05) is 61.3 Å².